The first-order valence-electron chi connectivity index (χ1n) is 9.49. The first-order chi connectivity index (χ1) is 11.9. The largest absolute Gasteiger partial charge is 0.382 e. The fraction of sp³-hybridized carbons (Fsp3) is 0.619. The van der Waals surface area contributed by atoms with Gasteiger partial charge in [-0.2, -0.15) is 0 Å². The van der Waals surface area contributed by atoms with Gasteiger partial charge in [-0.1, -0.05) is 32.0 Å². The topological polar surface area (TPSA) is 60.0 Å². The third-order valence-electron chi connectivity index (χ3n) is 6.65. The molecule has 4 rings (SSSR count). The summed E-state index contributed by atoms with van der Waals surface area (Å²) < 4.78 is 5.62. The van der Waals surface area contributed by atoms with Crippen molar-refractivity contribution in [1.82, 2.24) is 0 Å². The van der Waals surface area contributed by atoms with Gasteiger partial charge in [0.05, 0.1) is 11.8 Å². The maximum absolute atomic E-state index is 6.23. The molecule has 2 spiro atoms. The molecule has 1 aromatic carbocycles. The van der Waals surface area contributed by atoms with E-state index in [1.54, 1.807) is 0 Å². The van der Waals surface area contributed by atoms with Crippen molar-refractivity contribution in [3.05, 3.63) is 34.9 Å². The van der Waals surface area contributed by atoms with Crippen molar-refractivity contribution in [2.24, 2.45) is 21.1 Å². The predicted molar refractivity (Wildman–Crippen MR) is 102 cm³/mol. The van der Waals surface area contributed by atoms with Crippen molar-refractivity contribution < 1.29 is 4.74 Å². The number of ether oxygens (including phenoxy) is 1. The van der Waals surface area contributed by atoms with Gasteiger partial charge in [-0.25, -0.2) is 4.99 Å². The normalized spacial score (nSPS) is 33.9. The standard InChI is InChI=1S/C21H29N3O/c1-13(2)15-5-6-16-12-20(9-7-17(25-4)8-10-20)21(18(16)11-15)23-14(3)19(22)24-21/h5-6,11,13,17H,7-10,12H2,1-4H3,(H2,22,24). The van der Waals surface area contributed by atoms with Crippen molar-refractivity contribution in [2.75, 3.05) is 7.11 Å². The lowest BCUT2D eigenvalue weighted by Crippen LogP contribution is -2.43. The van der Waals surface area contributed by atoms with Gasteiger partial charge in [0.25, 0.3) is 0 Å². The molecule has 0 bridgehead atoms. The lowest BCUT2D eigenvalue weighted by Gasteiger charge is -2.44. The van der Waals surface area contributed by atoms with Crippen LogP contribution in [0, 0.1) is 5.41 Å². The van der Waals surface area contributed by atoms with E-state index in [0.29, 0.717) is 17.9 Å². The highest BCUT2D eigenvalue weighted by Gasteiger charge is 2.60. The number of benzene rings is 1. The summed E-state index contributed by atoms with van der Waals surface area (Å²) in [6.45, 7) is 6.47. The van der Waals surface area contributed by atoms with E-state index < -0.39 is 5.66 Å². The molecule has 0 amide bonds. The number of hydrogen-bond acceptors (Lipinski definition) is 4. The van der Waals surface area contributed by atoms with Crippen LogP contribution in [0.1, 0.15) is 69.1 Å². The number of nitrogens with zero attached hydrogens (tertiary/aromatic N) is 2. The minimum atomic E-state index is -0.514. The second-order valence-electron chi connectivity index (χ2n) is 8.33. The Morgan fingerprint density at radius 1 is 1.20 bits per heavy atom. The van der Waals surface area contributed by atoms with Gasteiger partial charge in [0.15, 0.2) is 5.66 Å². The predicted octanol–water partition coefficient (Wildman–Crippen LogP) is 3.93. The van der Waals surface area contributed by atoms with Gasteiger partial charge in [-0.15, -0.1) is 0 Å². The molecule has 1 saturated carbocycles. The molecule has 4 heteroatoms. The number of nitrogens with two attached hydrogens (primary N) is 1. The van der Waals surface area contributed by atoms with E-state index in [1.165, 1.54) is 16.7 Å². The van der Waals surface area contributed by atoms with Crippen molar-refractivity contribution in [1.29, 1.82) is 0 Å². The third-order valence-corrected chi connectivity index (χ3v) is 6.65. The zero-order valence-corrected chi connectivity index (χ0v) is 15.8. The van der Waals surface area contributed by atoms with E-state index in [1.807, 2.05) is 14.0 Å². The smallest absolute Gasteiger partial charge is 0.184 e. The number of rotatable bonds is 2. The van der Waals surface area contributed by atoms with Crippen LogP contribution in [-0.2, 0) is 16.8 Å². The zero-order chi connectivity index (χ0) is 17.8. The van der Waals surface area contributed by atoms with Crippen LogP contribution in [0.4, 0.5) is 0 Å². The van der Waals surface area contributed by atoms with Crippen LogP contribution in [0.3, 0.4) is 0 Å². The fourth-order valence-corrected chi connectivity index (χ4v) is 5.05. The van der Waals surface area contributed by atoms with Crippen molar-refractivity contribution in [2.45, 2.75) is 70.6 Å². The van der Waals surface area contributed by atoms with E-state index in [0.717, 1.165) is 37.8 Å². The molecule has 0 saturated heterocycles. The van der Waals surface area contributed by atoms with Crippen LogP contribution < -0.4 is 5.73 Å². The van der Waals surface area contributed by atoms with Gasteiger partial charge in [-0.3, -0.25) is 4.99 Å². The van der Waals surface area contributed by atoms with Gasteiger partial charge in [0.2, 0.25) is 0 Å². The molecule has 134 valence electrons. The summed E-state index contributed by atoms with van der Waals surface area (Å²) in [5.41, 5.74) is 10.7. The van der Waals surface area contributed by atoms with Gasteiger partial charge in [-0.05, 0) is 56.1 Å². The van der Waals surface area contributed by atoms with Crippen molar-refractivity contribution >= 4 is 11.5 Å². The monoisotopic (exact) mass is 339 g/mol. The number of methoxy groups -OCH3 is 1. The average molecular weight is 339 g/mol. The Labute approximate surface area is 150 Å². The number of aliphatic imine (C=N–C) groups is 2. The second-order valence-corrected chi connectivity index (χ2v) is 8.33. The van der Waals surface area contributed by atoms with Crippen LogP contribution in [0.5, 0.6) is 0 Å². The highest BCUT2D eigenvalue weighted by atomic mass is 16.5. The highest BCUT2D eigenvalue weighted by Crippen LogP contribution is 2.61. The zero-order valence-electron chi connectivity index (χ0n) is 15.8. The van der Waals surface area contributed by atoms with Crippen molar-refractivity contribution in [3.8, 4) is 0 Å². The molecule has 1 aromatic rings. The quantitative estimate of drug-likeness (QED) is 0.887. The van der Waals surface area contributed by atoms with E-state index in [2.05, 4.69) is 32.0 Å². The summed E-state index contributed by atoms with van der Waals surface area (Å²) in [7, 11) is 1.82. The van der Waals surface area contributed by atoms with Crippen LogP contribution in [0.25, 0.3) is 0 Å². The van der Waals surface area contributed by atoms with E-state index in [-0.39, 0.29) is 5.41 Å². The summed E-state index contributed by atoms with van der Waals surface area (Å²) in [4.78, 5) is 10.1. The number of hydrogen-bond donors (Lipinski definition) is 1. The highest BCUT2D eigenvalue weighted by molar-refractivity contribution is 6.41. The number of amidine groups is 1. The minimum absolute atomic E-state index is 0.0440. The lowest BCUT2D eigenvalue weighted by atomic mass is 9.65. The summed E-state index contributed by atoms with van der Waals surface area (Å²) in [6, 6.07) is 6.92. The molecule has 1 fully saturated rings. The second kappa shape index (κ2) is 5.66. The Hall–Kier alpha value is -1.68. The Morgan fingerprint density at radius 2 is 1.92 bits per heavy atom. The average Bonchev–Trinajstić information content (AvgIpc) is 3.03. The molecular formula is C21H29N3O. The molecule has 1 atom stereocenters. The molecule has 1 unspecified atom stereocenters. The molecule has 2 aliphatic carbocycles. The summed E-state index contributed by atoms with van der Waals surface area (Å²) in [6.07, 6.45) is 5.74. The first-order valence-corrected chi connectivity index (χ1v) is 9.49. The molecule has 1 heterocycles. The number of fused-ring (bicyclic) bond motifs is 3. The molecule has 0 aromatic heterocycles. The minimum Gasteiger partial charge on any atom is -0.382 e. The summed E-state index contributed by atoms with van der Waals surface area (Å²) in [5, 5.41) is 0. The molecule has 2 N–H and O–H groups in total. The molecular weight excluding hydrogens is 310 g/mol. The van der Waals surface area contributed by atoms with Crippen LogP contribution in [-0.4, -0.2) is 24.8 Å². The van der Waals surface area contributed by atoms with Crippen LogP contribution in [0.2, 0.25) is 0 Å². The van der Waals surface area contributed by atoms with Gasteiger partial charge < -0.3 is 10.5 Å². The van der Waals surface area contributed by atoms with E-state index in [9.17, 15) is 0 Å². The Balaban J connectivity index is 1.85. The lowest BCUT2D eigenvalue weighted by molar-refractivity contribution is -0.000385. The molecule has 25 heavy (non-hydrogen) atoms. The maximum atomic E-state index is 6.23. The Bertz CT molecular complexity index is 736. The fourth-order valence-electron chi connectivity index (χ4n) is 5.05. The summed E-state index contributed by atoms with van der Waals surface area (Å²) >= 11 is 0. The van der Waals surface area contributed by atoms with E-state index >= 15 is 0 Å². The first kappa shape index (κ1) is 16.8. The van der Waals surface area contributed by atoms with Gasteiger partial charge in [0, 0.05) is 18.1 Å². The molecule has 1 aliphatic heterocycles. The Morgan fingerprint density at radius 3 is 2.48 bits per heavy atom. The maximum Gasteiger partial charge on any atom is 0.184 e. The van der Waals surface area contributed by atoms with E-state index in [4.69, 9.17) is 20.5 Å². The third kappa shape index (κ3) is 2.30. The van der Waals surface area contributed by atoms with Gasteiger partial charge >= 0.3 is 0 Å². The molecule has 3 aliphatic rings. The van der Waals surface area contributed by atoms with Crippen molar-refractivity contribution in [3.63, 3.8) is 0 Å². The molecule has 4 nitrogen and oxygen atoms in total. The van der Waals surface area contributed by atoms with Crippen LogP contribution in [0.15, 0.2) is 28.2 Å². The van der Waals surface area contributed by atoms with Crippen LogP contribution >= 0.6 is 0 Å². The molecule has 0 radical (unpaired) electrons. The summed E-state index contributed by atoms with van der Waals surface area (Å²) in [5.74, 6) is 1.10. The Kier molecular flexibility index (Phi) is 3.80. The van der Waals surface area contributed by atoms with Gasteiger partial charge in [0.1, 0.15) is 5.84 Å². The SMILES string of the molecule is COC1CCC2(CC1)Cc1ccc(C(C)C)cc1C21N=C(C)C(N)=N1.